The predicted molar refractivity (Wildman–Crippen MR) is 152 cm³/mol. The zero-order valence-electron chi connectivity index (χ0n) is 23.1. The van der Waals surface area contributed by atoms with Gasteiger partial charge in [-0.25, -0.2) is 9.97 Å². The predicted octanol–water partition coefficient (Wildman–Crippen LogP) is 4.71. The zero-order valence-corrected chi connectivity index (χ0v) is 23.1. The van der Waals surface area contributed by atoms with E-state index in [-0.39, 0.29) is 22.8 Å². The lowest BCUT2D eigenvalue weighted by molar-refractivity contribution is 0.0893. The molecule has 2 N–H and O–H groups in total. The van der Waals surface area contributed by atoms with Gasteiger partial charge >= 0.3 is 0 Å². The summed E-state index contributed by atoms with van der Waals surface area (Å²) in [6.45, 7) is 15.5. The number of pyridine rings is 1. The van der Waals surface area contributed by atoms with Crippen molar-refractivity contribution in [2.45, 2.75) is 59.5 Å². The quantitative estimate of drug-likeness (QED) is 0.450. The number of H-pyrrole nitrogens is 1. The van der Waals surface area contributed by atoms with Gasteiger partial charge in [0.2, 0.25) is 0 Å². The molecule has 38 heavy (non-hydrogen) atoms. The first kappa shape index (κ1) is 24.9. The maximum Gasteiger partial charge on any atom is 0.253 e. The third-order valence-electron chi connectivity index (χ3n) is 9.82. The number of anilines is 1. The summed E-state index contributed by atoms with van der Waals surface area (Å²) < 4.78 is 0. The molecule has 1 aromatic carbocycles. The topological polar surface area (TPSA) is 77.2 Å². The summed E-state index contributed by atoms with van der Waals surface area (Å²) in [6, 6.07) is 11.0. The molecule has 198 valence electrons. The Morgan fingerprint density at radius 1 is 1.18 bits per heavy atom. The normalized spacial score (nSPS) is 27.2. The highest BCUT2D eigenvalue weighted by Gasteiger charge is 2.59. The fourth-order valence-electron chi connectivity index (χ4n) is 6.82. The highest BCUT2D eigenvalue weighted by molar-refractivity contribution is 6.04. The molecular formula is C31H38N6O. The minimum absolute atomic E-state index is 0.0290. The van der Waals surface area contributed by atoms with Gasteiger partial charge in [0.15, 0.2) is 5.65 Å². The number of hydrogen-bond acceptors (Lipinski definition) is 5. The van der Waals surface area contributed by atoms with Crippen LogP contribution in [0.25, 0.3) is 22.6 Å². The van der Waals surface area contributed by atoms with E-state index in [2.05, 4.69) is 95.8 Å². The highest BCUT2D eigenvalue weighted by atomic mass is 16.1. The number of amides is 1. The van der Waals surface area contributed by atoms with Crippen molar-refractivity contribution in [2.24, 2.45) is 16.7 Å². The Labute approximate surface area is 225 Å². The number of benzene rings is 1. The van der Waals surface area contributed by atoms with Crippen LogP contribution in [0, 0.1) is 28.6 Å². The molecule has 3 aliphatic rings. The van der Waals surface area contributed by atoms with Crippen LogP contribution in [0.1, 0.15) is 57.8 Å². The van der Waals surface area contributed by atoms with Crippen LogP contribution in [-0.2, 0) is 0 Å². The van der Waals surface area contributed by atoms with E-state index in [1.807, 2.05) is 0 Å². The molecule has 2 aliphatic carbocycles. The molecule has 6 rings (SSSR count). The van der Waals surface area contributed by atoms with Crippen molar-refractivity contribution in [2.75, 3.05) is 31.1 Å². The van der Waals surface area contributed by atoms with Crippen molar-refractivity contribution < 1.29 is 4.79 Å². The van der Waals surface area contributed by atoms with Crippen LogP contribution in [0.5, 0.6) is 0 Å². The Balaban J connectivity index is 1.20. The van der Waals surface area contributed by atoms with Crippen molar-refractivity contribution in [3.8, 4) is 23.2 Å². The number of hydrogen-bond donors (Lipinski definition) is 2. The van der Waals surface area contributed by atoms with Gasteiger partial charge in [0.25, 0.3) is 5.91 Å². The molecule has 1 saturated heterocycles. The van der Waals surface area contributed by atoms with Gasteiger partial charge in [-0.15, -0.1) is 0 Å². The van der Waals surface area contributed by atoms with Gasteiger partial charge in [-0.05, 0) is 68.6 Å². The third-order valence-corrected chi connectivity index (χ3v) is 9.82. The van der Waals surface area contributed by atoms with Crippen molar-refractivity contribution in [3.05, 3.63) is 42.1 Å². The van der Waals surface area contributed by atoms with Gasteiger partial charge in [0.1, 0.15) is 5.82 Å². The number of aromatic amines is 1. The second-order valence-electron chi connectivity index (χ2n) is 11.8. The van der Waals surface area contributed by atoms with Crippen molar-refractivity contribution >= 4 is 22.8 Å². The maximum atomic E-state index is 13.5. The summed E-state index contributed by atoms with van der Waals surface area (Å²) >= 11 is 0. The molecule has 7 heteroatoms. The molecule has 3 aromatic rings. The summed E-state index contributed by atoms with van der Waals surface area (Å²) in [5.41, 5.74) is 3.83. The van der Waals surface area contributed by atoms with Gasteiger partial charge in [-0.2, -0.15) is 0 Å². The minimum Gasteiger partial charge on any atom is -0.370 e. The van der Waals surface area contributed by atoms with Crippen LogP contribution in [0.3, 0.4) is 0 Å². The smallest absolute Gasteiger partial charge is 0.253 e. The fourth-order valence-corrected chi connectivity index (χ4v) is 6.82. The van der Waals surface area contributed by atoms with Gasteiger partial charge in [0, 0.05) is 48.5 Å². The van der Waals surface area contributed by atoms with E-state index in [9.17, 15) is 4.79 Å². The summed E-state index contributed by atoms with van der Waals surface area (Å²) in [7, 11) is 0. The van der Waals surface area contributed by atoms with E-state index in [1.54, 1.807) is 12.3 Å². The number of imidazole rings is 1. The molecule has 1 saturated carbocycles. The average Bonchev–Trinajstić information content (AvgIpc) is 3.66. The number of likely N-dealkylation sites (N-methyl/N-ethyl adjacent to an activating group) is 1. The van der Waals surface area contributed by atoms with Crippen LogP contribution in [-0.4, -0.2) is 64.0 Å². The summed E-state index contributed by atoms with van der Waals surface area (Å²) in [4.78, 5) is 31.0. The van der Waals surface area contributed by atoms with Crippen LogP contribution in [0.4, 0.5) is 5.69 Å². The first-order valence-electron chi connectivity index (χ1n) is 14.0. The molecule has 1 amide bonds. The van der Waals surface area contributed by atoms with Crippen molar-refractivity contribution in [1.82, 2.24) is 25.2 Å². The first-order valence-corrected chi connectivity index (χ1v) is 14.0. The van der Waals surface area contributed by atoms with Gasteiger partial charge in [0.05, 0.1) is 16.5 Å². The van der Waals surface area contributed by atoms with E-state index in [1.165, 1.54) is 12.1 Å². The largest absolute Gasteiger partial charge is 0.370 e. The Bertz CT molecular complexity index is 1430. The van der Waals surface area contributed by atoms with E-state index < -0.39 is 0 Å². The molecule has 2 fully saturated rings. The second-order valence-corrected chi connectivity index (χ2v) is 11.8. The average molecular weight is 511 g/mol. The number of fused-ring (bicyclic) bond motifs is 3. The Hall–Kier alpha value is -3.37. The van der Waals surface area contributed by atoms with Crippen LogP contribution < -0.4 is 10.2 Å². The van der Waals surface area contributed by atoms with Crippen LogP contribution >= 0.6 is 0 Å². The Kier molecular flexibility index (Phi) is 5.99. The standard InChI is InChI=1S/C31H38N6O/c1-6-36(7-2)23-14-17-37(19-23)22-10-8-20(9-11-22)27-34-26-24(13-16-32-28(26)35-27)29(38)33-25-18-21-12-15-31(25,5)30(21,3)4/h8-11,13,16,21,23,25H,6-7,14,17-19H2,1-5H3,(H,33,38)(H,32,34,35). The summed E-state index contributed by atoms with van der Waals surface area (Å²) in [5, 5.41) is 3.30. The molecule has 2 aromatic heterocycles. The lowest BCUT2D eigenvalue weighted by Crippen LogP contribution is -2.46. The molecule has 1 aliphatic heterocycles. The van der Waals surface area contributed by atoms with Crippen molar-refractivity contribution in [3.63, 3.8) is 0 Å². The van der Waals surface area contributed by atoms with Crippen molar-refractivity contribution in [1.29, 1.82) is 0 Å². The lowest BCUT2D eigenvalue weighted by atomic mass is 9.69. The number of rotatable bonds is 7. The van der Waals surface area contributed by atoms with Gasteiger partial charge < -0.3 is 15.2 Å². The second kappa shape index (κ2) is 9.13. The zero-order chi connectivity index (χ0) is 26.7. The van der Waals surface area contributed by atoms with Gasteiger partial charge in [-0.3, -0.25) is 9.69 Å². The van der Waals surface area contributed by atoms with E-state index in [0.717, 1.165) is 44.0 Å². The molecule has 3 heterocycles. The summed E-state index contributed by atoms with van der Waals surface area (Å²) in [5.74, 6) is 7.75. The molecule has 0 radical (unpaired) electrons. The fraction of sp³-hybridized carbons (Fsp3) is 0.516. The third kappa shape index (κ3) is 3.80. The Morgan fingerprint density at radius 2 is 1.95 bits per heavy atom. The molecule has 7 nitrogen and oxygen atoms in total. The number of carbonyl (C=O) groups is 1. The number of nitrogens with zero attached hydrogens (tertiary/aromatic N) is 4. The maximum absolute atomic E-state index is 13.5. The SMILES string of the molecule is CCN(CC)C1CCN(c2ccc(-c3nc4nccc(C(=O)NC5CC6C#CC5(C)C6(C)C)c4[nH]3)cc2)C1. The van der Waals surface area contributed by atoms with E-state index >= 15 is 0 Å². The van der Waals surface area contributed by atoms with E-state index in [0.29, 0.717) is 28.7 Å². The monoisotopic (exact) mass is 510 g/mol. The van der Waals surface area contributed by atoms with Gasteiger partial charge in [-0.1, -0.05) is 39.5 Å². The molecule has 4 atom stereocenters. The molecule has 4 unspecified atom stereocenters. The number of aromatic nitrogens is 3. The number of carbonyl (C=O) groups excluding carboxylic acids is 1. The minimum atomic E-state index is -0.221. The molecular weight excluding hydrogens is 472 g/mol. The highest BCUT2D eigenvalue weighted by Crippen LogP contribution is 2.58. The Morgan fingerprint density at radius 3 is 2.61 bits per heavy atom. The van der Waals surface area contributed by atoms with Crippen LogP contribution in [0.15, 0.2) is 36.5 Å². The summed E-state index contributed by atoms with van der Waals surface area (Å²) in [6.07, 6.45) is 3.76. The van der Waals surface area contributed by atoms with E-state index in [4.69, 9.17) is 4.98 Å². The number of nitrogens with one attached hydrogen (secondary N) is 2. The molecule has 2 bridgehead atoms. The first-order chi connectivity index (χ1) is 18.2. The van der Waals surface area contributed by atoms with Crippen LogP contribution in [0.2, 0.25) is 0 Å². The molecule has 0 spiro atoms. The lowest BCUT2D eigenvalue weighted by Gasteiger charge is -2.36.